The average molecular weight is 482 g/mol. The number of para-hydroxylation sites is 1. The Morgan fingerprint density at radius 2 is 1.75 bits per heavy atom. The second kappa shape index (κ2) is 10.1. The molecule has 6 rings (SSSR count). The first kappa shape index (κ1) is 22.7. The molecule has 2 aromatic carbocycles. The normalized spacial score (nSPS) is 18.6. The number of fused-ring (bicyclic) bond motifs is 1. The molecule has 184 valence electrons. The molecule has 0 atom stereocenters. The van der Waals surface area contributed by atoms with Crippen LogP contribution in [-0.2, 0) is 0 Å². The summed E-state index contributed by atoms with van der Waals surface area (Å²) in [6.45, 7) is 4.37. The van der Waals surface area contributed by atoms with Crippen molar-refractivity contribution >= 4 is 23.1 Å². The van der Waals surface area contributed by atoms with Crippen LogP contribution in [0.15, 0.2) is 66.5 Å². The second-order valence-corrected chi connectivity index (χ2v) is 9.53. The van der Waals surface area contributed by atoms with Gasteiger partial charge in [-0.15, -0.1) is 0 Å². The molecule has 0 aliphatic carbocycles. The van der Waals surface area contributed by atoms with Crippen LogP contribution in [0.5, 0.6) is 11.5 Å². The summed E-state index contributed by atoms with van der Waals surface area (Å²) in [6.07, 6.45) is 8.34. The van der Waals surface area contributed by atoms with Crippen LogP contribution in [0.25, 0.3) is 28.5 Å². The summed E-state index contributed by atoms with van der Waals surface area (Å²) in [7, 11) is 0. The van der Waals surface area contributed by atoms with Gasteiger partial charge in [-0.2, -0.15) is 5.10 Å². The maximum atomic E-state index is 6.33. The Labute approximate surface area is 210 Å². The minimum absolute atomic E-state index is 0.434. The van der Waals surface area contributed by atoms with E-state index in [9.17, 15) is 0 Å². The van der Waals surface area contributed by atoms with Crippen molar-refractivity contribution in [3.05, 3.63) is 66.5 Å². The van der Waals surface area contributed by atoms with Crippen molar-refractivity contribution in [2.75, 3.05) is 31.9 Å². The van der Waals surface area contributed by atoms with Gasteiger partial charge in [-0.1, -0.05) is 18.2 Å². The number of anilines is 1. The van der Waals surface area contributed by atoms with Crippen LogP contribution >= 0.6 is 0 Å². The van der Waals surface area contributed by atoms with Gasteiger partial charge in [0, 0.05) is 24.4 Å². The lowest BCUT2D eigenvalue weighted by molar-refractivity contribution is 0.159. The summed E-state index contributed by atoms with van der Waals surface area (Å²) in [6, 6.07) is 18.3. The molecule has 2 saturated heterocycles. The first-order chi connectivity index (χ1) is 17.7. The van der Waals surface area contributed by atoms with Crippen LogP contribution < -0.4 is 15.8 Å². The Kier molecular flexibility index (Phi) is 6.36. The van der Waals surface area contributed by atoms with E-state index in [0.29, 0.717) is 11.9 Å². The Bertz CT molecular complexity index is 1360. The summed E-state index contributed by atoms with van der Waals surface area (Å²) in [5, 5.41) is 9.20. The summed E-state index contributed by atoms with van der Waals surface area (Å²) < 4.78 is 7.84. The fourth-order valence-corrected chi connectivity index (χ4v) is 5.28. The lowest BCUT2D eigenvalue weighted by Crippen LogP contribution is -2.45. The minimum Gasteiger partial charge on any atom is -0.457 e. The number of nitrogens with one attached hydrogen (secondary N) is 1. The van der Waals surface area contributed by atoms with Gasteiger partial charge in [-0.3, -0.25) is 4.90 Å². The quantitative estimate of drug-likeness (QED) is 0.432. The zero-order valence-electron chi connectivity index (χ0n) is 20.3. The van der Waals surface area contributed by atoms with Gasteiger partial charge in [0.25, 0.3) is 0 Å². The summed E-state index contributed by atoms with van der Waals surface area (Å²) in [5.74, 6) is 2.00. The Hall–Kier alpha value is -3.75. The number of rotatable bonds is 5. The molecular formula is C28H31N7O. The number of hydrogen-bond acceptors (Lipinski definition) is 7. The molecule has 0 amide bonds. The number of nitrogens with two attached hydrogens (primary N) is 1. The number of nitrogens with zero attached hydrogens (tertiary/aromatic N) is 5. The number of aromatic nitrogens is 4. The maximum absolute atomic E-state index is 6.33. The largest absolute Gasteiger partial charge is 0.457 e. The fourth-order valence-electron chi connectivity index (χ4n) is 5.28. The highest BCUT2D eigenvalue weighted by atomic mass is 16.5. The van der Waals surface area contributed by atoms with Crippen LogP contribution in [0.4, 0.5) is 5.82 Å². The highest BCUT2D eigenvalue weighted by Crippen LogP contribution is 2.33. The van der Waals surface area contributed by atoms with E-state index in [1.54, 1.807) is 0 Å². The average Bonchev–Trinajstić information content (AvgIpc) is 3.30. The van der Waals surface area contributed by atoms with E-state index in [4.69, 9.17) is 15.6 Å². The summed E-state index contributed by atoms with van der Waals surface area (Å²) in [4.78, 5) is 11.4. The molecule has 8 heteroatoms. The number of piperidine rings is 2. The van der Waals surface area contributed by atoms with Crippen molar-refractivity contribution in [2.45, 2.75) is 31.7 Å². The van der Waals surface area contributed by atoms with Gasteiger partial charge in [0.2, 0.25) is 0 Å². The van der Waals surface area contributed by atoms with Crippen LogP contribution in [0.3, 0.4) is 0 Å². The third-order valence-corrected chi connectivity index (χ3v) is 7.10. The molecule has 3 N–H and O–H groups in total. The highest BCUT2D eigenvalue weighted by Gasteiger charge is 2.25. The van der Waals surface area contributed by atoms with Gasteiger partial charge in [-0.25, -0.2) is 14.6 Å². The lowest BCUT2D eigenvalue weighted by atomic mass is 9.99. The number of hydrogen-bond donors (Lipinski definition) is 2. The van der Waals surface area contributed by atoms with Crippen molar-refractivity contribution < 1.29 is 4.74 Å². The van der Waals surface area contributed by atoms with Crippen molar-refractivity contribution in [1.29, 1.82) is 0 Å². The molecule has 36 heavy (non-hydrogen) atoms. The van der Waals surface area contributed by atoms with Crippen molar-refractivity contribution in [1.82, 2.24) is 30.0 Å². The zero-order valence-corrected chi connectivity index (χ0v) is 20.3. The van der Waals surface area contributed by atoms with Crippen molar-refractivity contribution in [3.63, 3.8) is 0 Å². The van der Waals surface area contributed by atoms with E-state index >= 15 is 0 Å². The smallest absolute Gasteiger partial charge is 0.168 e. The molecule has 0 saturated carbocycles. The fraction of sp³-hybridized carbons (Fsp3) is 0.321. The second-order valence-electron chi connectivity index (χ2n) is 9.53. The van der Waals surface area contributed by atoms with E-state index in [1.165, 1.54) is 37.7 Å². The summed E-state index contributed by atoms with van der Waals surface area (Å²) >= 11 is 0. The predicted molar refractivity (Wildman–Crippen MR) is 143 cm³/mol. The topological polar surface area (TPSA) is 94.1 Å². The van der Waals surface area contributed by atoms with Gasteiger partial charge in [0.1, 0.15) is 29.3 Å². The van der Waals surface area contributed by atoms with Crippen LogP contribution in [0.1, 0.15) is 25.7 Å². The van der Waals surface area contributed by atoms with Gasteiger partial charge >= 0.3 is 0 Å². The molecule has 0 spiro atoms. The standard InChI is InChI=1S/C28H31N7O/c29-27-25-26(21-8-10-24(11-9-21)36-23-6-2-1-3-7-23)33-35(28(25)32-19-31-27)18-20-5-4-16-34(17-20)22-12-14-30-15-13-22/h1-3,6-11,18-19,22,30H,4-5,12-17H2,(H2,29,31,32)/b20-18-. The van der Waals surface area contributed by atoms with E-state index in [0.717, 1.165) is 59.8 Å². The monoisotopic (exact) mass is 481 g/mol. The zero-order chi connectivity index (χ0) is 24.3. The van der Waals surface area contributed by atoms with E-state index in [2.05, 4.69) is 26.4 Å². The summed E-state index contributed by atoms with van der Waals surface area (Å²) in [5.41, 5.74) is 10.2. The van der Waals surface area contributed by atoms with E-state index in [1.807, 2.05) is 59.3 Å². The van der Waals surface area contributed by atoms with Crippen molar-refractivity contribution in [2.24, 2.45) is 0 Å². The van der Waals surface area contributed by atoms with Crippen LogP contribution in [0, 0.1) is 0 Å². The van der Waals surface area contributed by atoms with Gasteiger partial charge in [0.15, 0.2) is 5.65 Å². The Morgan fingerprint density at radius 1 is 0.972 bits per heavy atom. The number of likely N-dealkylation sites (tertiary alicyclic amines) is 1. The molecule has 8 nitrogen and oxygen atoms in total. The van der Waals surface area contributed by atoms with E-state index in [-0.39, 0.29) is 0 Å². The third kappa shape index (κ3) is 4.69. The molecule has 4 aromatic rings. The first-order valence-corrected chi connectivity index (χ1v) is 12.7. The van der Waals surface area contributed by atoms with Crippen LogP contribution in [0.2, 0.25) is 0 Å². The molecule has 0 bridgehead atoms. The SMILES string of the molecule is Nc1ncnc2c1c(-c1ccc(Oc3ccccc3)cc1)nn2/C=C1/CCCN(C2CCNCC2)C1. The molecule has 0 unspecified atom stereocenters. The number of benzene rings is 2. The van der Waals surface area contributed by atoms with Gasteiger partial charge < -0.3 is 15.8 Å². The Balaban J connectivity index is 1.30. The molecule has 2 aliphatic heterocycles. The third-order valence-electron chi connectivity index (χ3n) is 7.10. The van der Waals surface area contributed by atoms with E-state index < -0.39 is 0 Å². The molecule has 4 heterocycles. The number of nitrogen functional groups attached to an aromatic ring is 1. The van der Waals surface area contributed by atoms with Gasteiger partial charge in [-0.05, 0) is 87.3 Å². The molecule has 2 aromatic heterocycles. The van der Waals surface area contributed by atoms with Crippen molar-refractivity contribution in [3.8, 4) is 22.8 Å². The van der Waals surface area contributed by atoms with Crippen LogP contribution in [-0.4, -0.2) is 56.9 Å². The molecular weight excluding hydrogens is 450 g/mol. The molecule has 0 radical (unpaired) electrons. The van der Waals surface area contributed by atoms with Gasteiger partial charge in [0.05, 0.1) is 5.39 Å². The Morgan fingerprint density at radius 3 is 2.56 bits per heavy atom. The maximum Gasteiger partial charge on any atom is 0.168 e. The predicted octanol–water partition coefficient (Wildman–Crippen LogP) is 4.56. The molecule has 2 aliphatic rings. The first-order valence-electron chi connectivity index (χ1n) is 12.7. The molecule has 2 fully saturated rings. The number of ether oxygens (including phenoxy) is 1. The minimum atomic E-state index is 0.434. The lowest BCUT2D eigenvalue weighted by Gasteiger charge is -2.37. The highest BCUT2D eigenvalue weighted by molar-refractivity contribution is 5.99.